The third kappa shape index (κ3) is 4.04. The molecule has 0 spiro atoms. The van der Waals surface area contributed by atoms with Crippen molar-refractivity contribution < 1.29 is 14.6 Å². The van der Waals surface area contributed by atoms with E-state index in [0.717, 1.165) is 49.6 Å². The van der Waals surface area contributed by atoms with E-state index in [4.69, 9.17) is 4.74 Å². The summed E-state index contributed by atoms with van der Waals surface area (Å²) in [6, 6.07) is 17.6. The van der Waals surface area contributed by atoms with E-state index in [2.05, 4.69) is 22.3 Å². The number of ether oxygens (including phenoxy) is 1. The van der Waals surface area contributed by atoms with E-state index < -0.39 is 11.0 Å². The minimum absolute atomic E-state index is 0.0316. The molecule has 5 nitrogen and oxygen atoms in total. The third-order valence-electron chi connectivity index (χ3n) is 7.94. The molecular weight excluding hydrogens is 400 g/mol. The van der Waals surface area contributed by atoms with Gasteiger partial charge in [0.05, 0.1) is 12.7 Å². The van der Waals surface area contributed by atoms with Crippen molar-refractivity contribution in [3.8, 4) is 5.75 Å². The number of piperidine rings is 1. The molecule has 2 saturated carbocycles. The van der Waals surface area contributed by atoms with E-state index in [1.807, 2.05) is 42.5 Å². The molecule has 2 aromatic rings. The maximum atomic E-state index is 12.9. The van der Waals surface area contributed by atoms with Crippen LogP contribution < -0.4 is 10.1 Å². The number of rotatable bonds is 6. The number of benzene rings is 2. The SMILES string of the molecule is COc1cccc(C23CCN(CC4CC4)CC2(O)CCC(NC(=O)c2ccccc2)C3)c1. The molecule has 0 bridgehead atoms. The Bertz CT molecular complexity index is 960. The number of nitrogens with zero attached hydrogens (tertiary/aromatic N) is 1. The Balaban J connectivity index is 1.43. The molecule has 2 aromatic carbocycles. The number of hydrogen-bond donors (Lipinski definition) is 2. The lowest BCUT2D eigenvalue weighted by atomic mass is 9.55. The van der Waals surface area contributed by atoms with E-state index in [1.54, 1.807) is 7.11 Å². The summed E-state index contributed by atoms with van der Waals surface area (Å²) >= 11 is 0. The Morgan fingerprint density at radius 3 is 2.69 bits per heavy atom. The summed E-state index contributed by atoms with van der Waals surface area (Å²) in [6.45, 7) is 2.79. The number of fused-ring (bicyclic) bond motifs is 1. The van der Waals surface area contributed by atoms with Crippen molar-refractivity contribution in [2.45, 2.75) is 55.6 Å². The lowest BCUT2D eigenvalue weighted by molar-refractivity contribution is -0.126. The van der Waals surface area contributed by atoms with Gasteiger partial charge >= 0.3 is 0 Å². The van der Waals surface area contributed by atoms with Crippen LogP contribution in [-0.4, -0.2) is 54.3 Å². The first kappa shape index (κ1) is 21.5. The van der Waals surface area contributed by atoms with E-state index in [1.165, 1.54) is 12.8 Å². The number of amides is 1. The lowest BCUT2D eigenvalue weighted by Crippen LogP contribution is -2.67. The van der Waals surface area contributed by atoms with Gasteiger partial charge in [0.15, 0.2) is 0 Å². The zero-order valence-electron chi connectivity index (χ0n) is 18.9. The van der Waals surface area contributed by atoms with Gasteiger partial charge in [0.1, 0.15) is 5.75 Å². The van der Waals surface area contributed by atoms with Gasteiger partial charge < -0.3 is 20.1 Å². The molecule has 3 atom stereocenters. The Morgan fingerprint density at radius 1 is 1.12 bits per heavy atom. The minimum Gasteiger partial charge on any atom is -0.497 e. The highest BCUT2D eigenvalue weighted by molar-refractivity contribution is 5.94. The summed E-state index contributed by atoms with van der Waals surface area (Å²) in [5.74, 6) is 1.59. The van der Waals surface area contributed by atoms with Crippen molar-refractivity contribution >= 4 is 5.91 Å². The summed E-state index contributed by atoms with van der Waals surface area (Å²) in [5, 5.41) is 15.4. The molecule has 5 heteroatoms. The van der Waals surface area contributed by atoms with Crippen molar-refractivity contribution in [2.75, 3.05) is 26.7 Å². The van der Waals surface area contributed by atoms with Crippen LogP contribution in [0.15, 0.2) is 54.6 Å². The van der Waals surface area contributed by atoms with Gasteiger partial charge in [0, 0.05) is 30.1 Å². The highest BCUT2D eigenvalue weighted by atomic mass is 16.5. The van der Waals surface area contributed by atoms with E-state index in [-0.39, 0.29) is 11.9 Å². The van der Waals surface area contributed by atoms with Gasteiger partial charge in [-0.05, 0) is 80.8 Å². The van der Waals surface area contributed by atoms with Crippen LogP contribution in [0.5, 0.6) is 5.75 Å². The molecule has 3 aliphatic rings. The standard InChI is InChI=1S/C27H34N2O3/c1-32-24-9-5-8-22(16-24)26-14-15-29(18-20-10-11-20)19-27(26,31)13-12-23(17-26)28-25(30)21-6-3-2-4-7-21/h2-9,16,20,23,31H,10-15,17-19H2,1H3,(H,28,30). The molecule has 0 aromatic heterocycles. The van der Waals surface area contributed by atoms with E-state index in [0.29, 0.717) is 18.5 Å². The van der Waals surface area contributed by atoms with Gasteiger partial charge in [-0.2, -0.15) is 0 Å². The summed E-state index contributed by atoms with van der Waals surface area (Å²) in [6.07, 6.45) is 5.75. The fraction of sp³-hybridized carbons (Fsp3) is 0.519. The maximum absolute atomic E-state index is 12.9. The minimum atomic E-state index is -0.805. The van der Waals surface area contributed by atoms with Crippen LogP contribution in [0.25, 0.3) is 0 Å². The molecule has 2 N–H and O–H groups in total. The van der Waals surface area contributed by atoms with Crippen LogP contribution in [-0.2, 0) is 5.41 Å². The van der Waals surface area contributed by atoms with Gasteiger partial charge in [-0.3, -0.25) is 4.79 Å². The first-order chi connectivity index (χ1) is 15.5. The molecule has 3 unspecified atom stereocenters. The van der Waals surface area contributed by atoms with Crippen LogP contribution in [0.2, 0.25) is 0 Å². The Labute approximate surface area is 190 Å². The fourth-order valence-electron chi connectivity index (χ4n) is 5.98. The highest BCUT2D eigenvalue weighted by Gasteiger charge is 2.57. The topological polar surface area (TPSA) is 61.8 Å². The fourth-order valence-corrected chi connectivity index (χ4v) is 5.98. The van der Waals surface area contributed by atoms with Gasteiger partial charge in [0.2, 0.25) is 0 Å². The molecule has 0 radical (unpaired) electrons. The Kier molecular flexibility index (Phi) is 5.72. The van der Waals surface area contributed by atoms with Crippen molar-refractivity contribution in [3.63, 3.8) is 0 Å². The van der Waals surface area contributed by atoms with Gasteiger partial charge in [0.25, 0.3) is 5.91 Å². The Morgan fingerprint density at radius 2 is 1.94 bits per heavy atom. The molecule has 32 heavy (non-hydrogen) atoms. The van der Waals surface area contributed by atoms with Crippen LogP contribution in [0.4, 0.5) is 0 Å². The molecule has 3 fully saturated rings. The lowest BCUT2D eigenvalue weighted by Gasteiger charge is -2.58. The van der Waals surface area contributed by atoms with Crippen molar-refractivity contribution in [1.29, 1.82) is 0 Å². The summed E-state index contributed by atoms with van der Waals surface area (Å²) < 4.78 is 5.52. The molecule has 170 valence electrons. The van der Waals surface area contributed by atoms with Gasteiger partial charge in [-0.1, -0.05) is 30.3 Å². The maximum Gasteiger partial charge on any atom is 0.251 e. The number of methoxy groups -OCH3 is 1. The van der Waals surface area contributed by atoms with E-state index in [9.17, 15) is 9.90 Å². The first-order valence-electron chi connectivity index (χ1n) is 12.0. The van der Waals surface area contributed by atoms with Crippen LogP contribution >= 0.6 is 0 Å². The highest BCUT2D eigenvalue weighted by Crippen LogP contribution is 2.52. The van der Waals surface area contributed by atoms with Gasteiger partial charge in [-0.15, -0.1) is 0 Å². The second-order valence-electron chi connectivity index (χ2n) is 10.1. The van der Waals surface area contributed by atoms with Crippen LogP contribution in [0.3, 0.4) is 0 Å². The smallest absolute Gasteiger partial charge is 0.251 e. The second kappa shape index (κ2) is 8.53. The summed E-state index contributed by atoms with van der Waals surface area (Å²) in [5.41, 5.74) is 0.613. The number of aliphatic hydroxyl groups is 1. The van der Waals surface area contributed by atoms with Crippen LogP contribution in [0, 0.1) is 5.92 Å². The molecule has 1 saturated heterocycles. The molecular formula is C27H34N2O3. The molecule has 1 heterocycles. The number of hydrogen-bond acceptors (Lipinski definition) is 4. The number of nitrogens with one attached hydrogen (secondary N) is 1. The third-order valence-corrected chi connectivity index (χ3v) is 7.94. The average molecular weight is 435 g/mol. The predicted molar refractivity (Wildman–Crippen MR) is 125 cm³/mol. The number of carbonyl (C=O) groups is 1. The molecule has 2 aliphatic carbocycles. The molecule has 1 aliphatic heterocycles. The summed E-state index contributed by atoms with van der Waals surface area (Å²) in [4.78, 5) is 15.3. The number of carbonyl (C=O) groups excluding carboxylic acids is 1. The largest absolute Gasteiger partial charge is 0.497 e. The van der Waals surface area contributed by atoms with Crippen LogP contribution in [0.1, 0.15) is 54.4 Å². The second-order valence-corrected chi connectivity index (χ2v) is 10.1. The monoisotopic (exact) mass is 434 g/mol. The van der Waals surface area contributed by atoms with Gasteiger partial charge in [-0.25, -0.2) is 0 Å². The normalized spacial score (nSPS) is 30.4. The van der Waals surface area contributed by atoms with E-state index >= 15 is 0 Å². The van der Waals surface area contributed by atoms with Crippen molar-refractivity contribution in [3.05, 3.63) is 65.7 Å². The number of β-amino-alcohol motifs (C(OH)–C–C–N with tert-alkyl or cyclic N) is 1. The molecule has 1 amide bonds. The molecule has 5 rings (SSSR count). The summed E-state index contributed by atoms with van der Waals surface area (Å²) in [7, 11) is 1.69. The quantitative estimate of drug-likeness (QED) is 0.727. The Hall–Kier alpha value is -2.37. The first-order valence-corrected chi connectivity index (χ1v) is 12.0. The predicted octanol–water partition coefficient (Wildman–Crippen LogP) is 3.76. The van der Waals surface area contributed by atoms with Crippen molar-refractivity contribution in [2.24, 2.45) is 5.92 Å². The average Bonchev–Trinajstić information content (AvgIpc) is 3.64. The number of likely N-dealkylation sites (tertiary alicyclic amines) is 1. The van der Waals surface area contributed by atoms with Crippen molar-refractivity contribution in [1.82, 2.24) is 10.2 Å². The zero-order valence-corrected chi connectivity index (χ0v) is 18.9. The zero-order chi connectivity index (χ0) is 22.2.